The van der Waals surface area contributed by atoms with Gasteiger partial charge in [-0.15, -0.1) is 11.3 Å². The number of aliphatic hydroxyl groups excluding tert-OH is 1. The SMILES string of the molecule is Cc1ccc(C(=O)N2C[C@@H](O)[C@H](N3CCCC3)C2)s1. The molecule has 0 aliphatic carbocycles. The molecule has 2 saturated heterocycles. The highest BCUT2D eigenvalue weighted by molar-refractivity contribution is 7.13. The van der Waals surface area contributed by atoms with E-state index in [4.69, 9.17) is 0 Å². The summed E-state index contributed by atoms with van der Waals surface area (Å²) >= 11 is 1.53. The van der Waals surface area contributed by atoms with Crippen molar-refractivity contribution < 1.29 is 9.90 Å². The lowest BCUT2D eigenvalue weighted by Crippen LogP contribution is -2.41. The average Bonchev–Trinajstić information content (AvgIpc) is 3.07. The van der Waals surface area contributed by atoms with E-state index in [9.17, 15) is 9.90 Å². The number of rotatable bonds is 2. The van der Waals surface area contributed by atoms with Crippen molar-refractivity contribution in [1.29, 1.82) is 0 Å². The van der Waals surface area contributed by atoms with Crippen LogP contribution in [0.4, 0.5) is 0 Å². The third-order valence-electron chi connectivity index (χ3n) is 4.11. The molecule has 19 heavy (non-hydrogen) atoms. The average molecular weight is 280 g/mol. The van der Waals surface area contributed by atoms with Gasteiger partial charge in [0.25, 0.3) is 5.91 Å². The van der Waals surface area contributed by atoms with Gasteiger partial charge in [0.1, 0.15) is 0 Å². The van der Waals surface area contributed by atoms with Gasteiger partial charge in [0.05, 0.1) is 17.0 Å². The smallest absolute Gasteiger partial charge is 0.264 e. The topological polar surface area (TPSA) is 43.8 Å². The molecule has 1 amide bonds. The zero-order valence-corrected chi connectivity index (χ0v) is 12.0. The number of carbonyl (C=O) groups is 1. The van der Waals surface area contributed by atoms with E-state index in [1.807, 2.05) is 19.1 Å². The van der Waals surface area contributed by atoms with Crippen molar-refractivity contribution in [3.8, 4) is 0 Å². The highest BCUT2D eigenvalue weighted by atomic mass is 32.1. The number of β-amino-alcohol motifs (C(OH)–C–C–N with tert-alkyl or cyclic N) is 1. The monoisotopic (exact) mass is 280 g/mol. The molecule has 0 saturated carbocycles. The van der Waals surface area contributed by atoms with Gasteiger partial charge in [0, 0.05) is 18.0 Å². The summed E-state index contributed by atoms with van der Waals surface area (Å²) in [7, 11) is 0. The maximum Gasteiger partial charge on any atom is 0.264 e. The summed E-state index contributed by atoms with van der Waals surface area (Å²) in [4.78, 5) is 18.4. The van der Waals surface area contributed by atoms with Gasteiger partial charge in [0.2, 0.25) is 0 Å². The van der Waals surface area contributed by atoms with Crippen molar-refractivity contribution in [3.05, 3.63) is 21.9 Å². The van der Waals surface area contributed by atoms with Crippen molar-refractivity contribution in [2.24, 2.45) is 0 Å². The third kappa shape index (κ3) is 2.55. The summed E-state index contributed by atoms with van der Waals surface area (Å²) in [6.45, 7) is 5.25. The highest BCUT2D eigenvalue weighted by Gasteiger charge is 2.38. The maximum absolute atomic E-state index is 12.4. The second-order valence-corrected chi connectivity index (χ2v) is 6.79. The van der Waals surface area contributed by atoms with Crippen molar-refractivity contribution in [1.82, 2.24) is 9.80 Å². The van der Waals surface area contributed by atoms with Crippen LogP contribution in [0.15, 0.2) is 12.1 Å². The van der Waals surface area contributed by atoms with Crippen LogP contribution in [0.3, 0.4) is 0 Å². The van der Waals surface area contributed by atoms with Gasteiger partial charge in [-0.05, 0) is 45.0 Å². The number of amides is 1. The zero-order valence-electron chi connectivity index (χ0n) is 11.2. The number of carbonyl (C=O) groups excluding carboxylic acids is 1. The summed E-state index contributed by atoms with van der Waals surface area (Å²) < 4.78 is 0. The Morgan fingerprint density at radius 2 is 2.05 bits per heavy atom. The Morgan fingerprint density at radius 1 is 1.32 bits per heavy atom. The Kier molecular flexibility index (Phi) is 3.60. The summed E-state index contributed by atoms with van der Waals surface area (Å²) in [5.41, 5.74) is 0. The van der Waals surface area contributed by atoms with Gasteiger partial charge in [-0.1, -0.05) is 0 Å². The van der Waals surface area contributed by atoms with Crippen LogP contribution in [0.2, 0.25) is 0 Å². The molecule has 2 aliphatic rings. The molecule has 3 heterocycles. The lowest BCUT2D eigenvalue weighted by molar-refractivity contribution is 0.0768. The molecule has 0 spiro atoms. The summed E-state index contributed by atoms with van der Waals surface area (Å²) in [5, 5.41) is 10.2. The predicted molar refractivity (Wildman–Crippen MR) is 75.6 cm³/mol. The lowest BCUT2D eigenvalue weighted by atomic mass is 10.2. The fourth-order valence-corrected chi connectivity index (χ4v) is 3.91. The van der Waals surface area contributed by atoms with E-state index < -0.39 is 6.10 Å². The van der Waals surface area contributed by atoms with Gasteiger partial charge in [0.15, 0.2) is 0 Å². The molecule has 1 aromatic rings. The second-order valence-electron chi connectivity index (χ2n) is 5.50. The third-order valence-corrected chi connectivity index (χ3v) is 5.10. The molecule has 0 bridgehead atoms. The van der Waals surface area contributed by atoms with Crippen LogP contribution in [-0.2, 0) is 0 Å². The minimum absolute atomic E-state index is 0.0684. The molecular weight excluding hydrogens is 260 g/mol. The fourth-order valence-electron chi connectivity index (χ4n) is 3.07. The van der Waals surface area contributed by atoms with Gasteiger partial charge in [-0.3, -0.25) is 9.69 Å². The molecule has 104 valence electrons. The van der Waals surface area contributed by atoms with Gasteiger partial charge >= 0.3 is 0 Å². The summed E-state index contributed by atoms with van der Waals surface area (Å²) in [6, 6.07) is 3.99. The summed E-state index contributed by atoms with van der Waals surface area (Å²) in [5.74, 6) is 0.0684. The van der Waals surface area contributed by atoms with E-state index in [1.54, 1.807) is 4.90 Å². The highest BCUT2D eigenvalue weighted by Crippen LogP contribution is 2.24. The second kappa shape index (κ2) is 5.23. The molecule has 3 rings (SSSR count). The van der Waals surface area contributed by atoms with Crippen molar-refractivity contribution in [3.63, 3.8) is 0 Å². The molecule has 0 radical (unpaired) electrons. The van der Waals surface area contributed by atoms with E-state index >= 15 is 0 Å². The van der Waals surface area contributed by atoms with E-state index in [0.717, 1.165) is 22.8 Å². The predicted octanol–water partition coefficient (Wildman–Crippen LogP) is 1.34. The first-order valence-corrected chi connectivity index (χ1v) is 7.74. The summed E-state index contributed by atoms with van der Waals surface area (Å²) in [6.07, 6.45) is 2.02. The Bertz CT molecular complexity index is 468. The number of hydrogen-bond donors (Lipinski definition) is 1. The number of aryl methyl sites for hydroxylation is 1. The Labute approximate surface area is 117 Å². The quantitative estimate of drug-likeness (QED) is 0.889. The fraction of sp³-hybridized carbons (Fsp3) is 0.643. The zero-order chi connectivity index (χ0) is 13.4. The number of nitrogens with zero attached hydrogens (tertiary/aromatic N) is 2. The minimum Gasteiger partial charge on any atom is -0.390 e. The van der Waals surface area contributed by atoms with Crippen LogP contribution in [0, 0.1) is 6.92 Å². The Hall–Kier alpha value is -0.910. The van der Waals surface area contributed by atoms with E-state index in [-0.39, 0.29) is 11.9 Å². The molecule has 0 aromatic carbocycles. The largest absolute Gasteiger partial charge is 0.390 e. The van der Waals surface area contributed by atoms with Crippen LogP contribution >= 0.6 is 11.3 Å². The Morgan fingerprint density at radius 3 is 2.68 bits per heavy atom. The van der Waals surface area contributed by atoms with Crippen molar-refractivity contribution in [2.75, 3.05) is 26.2 Å². The molecule has 0 unspecified atom stereocenters. The van der Waals surface area contributed by atoms with E-state index in [0.29, 0.717) is 13.1 Å². The van der Waals surface area contributed by atoms with Crippen LogP contribution < -0.4 is 0 Å². The van der Waals surface area contributed by atoms with E-state index in [2.05, 4.69) is 4.90 Å². The molecule has 1 N–H and O–H groups in total. The first kappa shape index (κ1) is 13.1. The lowest BCUT2D eigenvalue weighted by Gasteiger charge is -2.25. The van der Waals surface area contributed by atoms with Crippen LogP contribution in [0.5, 0.6) is 0 Å². The van der Waals surface area contributed by atoms with Crippen LogP contribution in [0.25, 0.3) is 0 Å². The minimum atomic E-state index is -0.400. The molecule has 2 atom stereocenters. The normalized spacial score (nSPS) is 28.2. The number of thiophene rings is 1. The van der Waals surface area contributed by atoms with E-state index in [1.165, 1.54) is 24.2 Å². The van der Waals surface area contributed by atoms with Gasteiger partial charge in [-0.25, -0.2) is 0 Å². The molecule has 2 aliphatic heterocycles. The number of likely N-dealkylation sites (tertiary alicyclic amines) is 2. The first-order chi connectivity index (χ1) is 9.15. The number of hydrogen-bond acceptors (Lipinski definition) is 4. The van der Waals surface area contributed by atoms with Crippen molar-refractivity contribution >= 4 is 17.2 Å². The van der Waals surface area contributed by atoms with Gasteiger partial charge in [-0.2, -0.15) is 0 Å². The molecule has 2 fully saturated rings. The standard InChI is InChI=1S/C14H20N2O2S/c1-10-4-5-13(19-10)14(18)16-8-11(12(17)9-16)15-6-2-3-7-15/h4-5,11-12,17H,2-3,6-9H2,1H3/t11-,12-/m1/s1. The molecule has 4 nitrogen and oxygen atoms in total. The maximum atomic E-state index is 12.4. The Balaban J connectivity index is 1.68. The number of aliphatic hydroxyl groups is 1. The van der Waals surface area contributed by atoms with Gasteiger partial charge < -0.3 is 10.0 Å². The first-order valence-electron chi connectivity index (χ1n) is 6.93. The van der Waals surface area contributed by atoms with Crippen LogP contribution in [-0.4, -0.2) is 59.1 Å². The molecule has 1 aromatic heterocycles. The molecular formula is C14H20N2O2S. The van der Waals surface area contributed by atoms with Crippen molar-refractivity contribution in [2.45, 2.75) is 31.9 Å². The molecule has 5 heteroatoms. The van der Waals surface area contributed by atoms with Crippen LogP contribution in [0.1, 0.15) is 27.4 Å².